The number of ether oxygens (including phenoxy) is 1. The van der Waals surface area contributed by atoms with E-state index in [1.165, 1.54) is 30.2 Å². The third-order valence-corrected chi connectivity index (χ3v) is 6.45. The van der Waals surface area contributed by atoms with Gasteiger partial charge >= 0.3 is 0 Å². The second-order valence-electron chi connectivity index (χ2n) is 8.51. The van der Waals surface area contributed by atoms with E-state index in [0.29, 0.717) is 11.3 Å². The maximum atomic E-state index is 13.6. The first-order chi connectivity index (χ1) is 16.9. The van der Waals surface area contributed by atoms with Crippen molar-refractivity contribution in [2.24, 2.45) is 0 Å². The third-order valence-electron chi connectivity index (χ3n) is 5.31. The fourth-order valence-electron chi connectivity index (χ4n) is 3.64. The van der Waals surface area contributed by atoms with Crippen LogP contribution >= 0.6 is 0 Å². The van der Waals surface area contributed by atoms with Gasteiger partial charge in [0.2, 0.25) is 21.8 Å². The minimum Gasteiger partial charge on any atom is -0.497 e. The Morgan fingerprint density at radius 2 is 1.81 bits per heavy atom. The molecule has 0 aliphatic carbocycles. The maximum absolute atomic E-state index is 13.6. The fourth-order valence-corrected chi connectivity index (χ4v) is 4.48. The number of nitrogens with one attached hydrogen (secondary N) is 1. The van der Waals surface area contributed by atoms with Crippen LogP contribution < -0.4 is 14.4 Å². The molecule has 1 atom stereocenters. The second kappa shape index (κ2) is 12.3. The molecule has 0 bridgehead atoms. The summed E-state index contributed by atoms with van der Waals surface area (Å²) in [5.41, 5.74) is 0.338. The van der Waals surface area contributed by atoms with Gasteiger partial charge in [0.05, 0.1) is 24.0 Å². The first kappa shape index (κ1) is 28.6. The van der Waals surface area contributed by atoms with Crippen molar-refractivity contribution >= 4 is 33.2 Å². The SMILES string of the molecule is CC[C@@H](C(=O)NC(C)C)N(Cc1cccc(OC)c1)C(=O)CN(c1cccc([N+](=O)[O-])c1)S(C)(=O)=O. The predicted octanol–water partition coefficient (Wildman–Crippen LogP) is 2.70. The molecule has 0 unspecified atom stereocenters. The van der Waals surface area contributed by atoms with Crippen LogP contribution in [0.15, 0.2) is 48.5 Å². The van der Waals surface area contributed by atoms with Crippen LogP contribution in [0.2, 0.25) is 0 Å². The largest absolute Gasteiger partial charge is 0.497 e. The lowest BCUT2D eigenvalue weighted by Crippen LogP contribution is -2.53. The van der Waals surface area contributed by atoms with E-state index in [2.05, 4.69) is 5.32 Å². The van der Waals surface area contributed by atoms with E-state index in [1.54, 1.807) is 45.0 Å². The molecule has 2 aromatic carbocycles. The number of nitrogens with zero attached hydrogens (tertiary/aromatic N) is 3. The smallest absolute Gasteiger partial charge is 0.271 e. The summed E-state index contributed by atoms with van der Waals surface area (Å²) in [7, 11) is -2.49. The Bertz CT molecular complexity index is 1200. The Labute approximate surface area is 211 Å². The normalized spacial score (nSPS) is 12.1. The molecule has 2 amide bonds. The molecule has 0 saturated heterocycles. The lowest BCUT2D eigenvalue weighted by molar-refractivity contribution is -0.384. The second-order valence-corrected chi connectivity index (χ2v) is 10.4. The number of hydrogen-bond donors (Lipinski definition) is 1. The third kappa shape index (κ3) is 7.67. The van der Waals surface area contributed by atoms with Crippen molar-refractivity contribution in [3.8, 4) is 5.75 Å². The topological polar surface area (TPSA) is 139 Å². The summed E-state index contributed by atoms with van der Waals surface area (Å²) in [6.45, 7) is 4.73. The number of sulfonamides is 1. The van der Waals surface area contributed by atoms with Crippen LogP contribution in [-0.2, 0) is 26.2 Å². The molecular weight excluding hydrogens is 488 g/mol. The summed E-state index contributed by atoms with van der Waals surface area (Å²) in [5.74, 6) is -0.445. The van der Waals surface area contributed by atoms with E-state index >= 15 is 0 Å². The lowest BCUT2D eigenvalue weighted by Gasteiger charge is -2.33. The molecule has 196 valence electrons. The number of non-ortho nitro benzene ring substituents is 1. The zero-order valence-electron chi connectivity index (χ0n) is 21.0. The minimum atomic E-state index is -4.00. The van der Waals surface area contributed by atoms with Crippen molar-refractivity contribution in [3.63, 3.8) is 0 Å². The summed E-state index contributed by atoms with van der Waals surface area (Å²) in [4.78, 5) is 38.5. The fraction of sp³-hybridized carbons (Fsp3) is 0.417. The number of rotatable bonds is 12. The molecule has 0 aliphatic rings. The molecule has 11 nitrogen and oxygen atoms in total. The summed E-state index contributed by atoms with van der Waals surface area (Å²) in [5, 5.41) is 14.0. The monoisotopic (exact) mass is 520 g/mol. The molecule has 1 N–H and O–H groups in total. The quantitative estimate of drug-likeness (QED) is 0.335. The summed E-state index contributed by atoms with van der Waals surface area (Å²) in [6, 6.07) is 11.0. The van der Waals surface area contributed by atoms with Crippen molar-refractivity contribution < 1.29 is 27.7 Å². The molecule has 0 heterocycles. The van der Waals surface area contributed by atoms with Gasteiger partial charge in [0.25, 0.3) is 5.69 Å². The van der Waals surface area contributed by atoms with Gasteiger partial charge in [-0.25, -0.2) is 8.42 Å². The van der Waals surface area contributed by atoms with E-state index in [4.69, 9.17) is 4.74 Å². The molecule has 2 rings (SSSR count). The van der Waals surface area contributed by atoms with E-state index in [1.807, 2.05) is 0 Å². The Kier molecular flexibility index (Phi) is 9.79. The van der Waals surface area contributed by atoms with Gasteiger partial charge in [0, 0.05) is 24.7 Å². The molecule has 0 spiro atoms. The molecule has 2 aromatic rings. The van der Waals surface area contributed by atoms with Crippen LogP contribution in [0.5, 0.6) is 5.75 Å². The van der Waals surface area contributed by atoms with Crippen molar-refractivity contribution in [3.05, 3.63) is 64.2 Å². The molecular formula is C24H32N4O7S. The predicted molar refractivity (Wildman–Crippen MR) is 136 cm³/mol. The highest BCUT2D eigenvalue weighted by atomic mass is 32.2. The van der Waals surface area contributed by atoms with Gasteiger partial charge < -0.3 is 15.0 Å². The highest BCUT2D eigenvalue weighted by molar-refractivity contribution is 7.92. The highest BCUT2D eigenvalue weighted by Gasteiger charge is 2.32. The van der Waals surface area contributed by atoms with E-state index in [-0.39, 0.29) is 36.3 Å². The van der Waals surface area contributed by atoms with Gasteiger partial charge in [-0.05, 0) is 44.0 Å². The molecule has 36 heavy (non-hydrogen) atoms. The van der Waals surface area contributed by atoms with Crippen LogP contribution in [0.1, 0.15) is 32.8 Å². The Hall–Kier alpha value is -3.67. The minimum absolute atomic E-state index is 0.0204. The van der Waals surface area contributed by atoms with Gasteiger partial charge in [0.15, 0.2) is 0 Å². The summed E-state index contributed by atoms with van der Waals surface area (Å²) >= 11 is 0. The van der Waals surface area contributed by atoms with Crippen LogP contribution in [0.3, 0.4) is 0 Å². The molecule has 12 heteroatoms. The Morgan fingerprint density at radius 1 is 1.14 bits per heavy atom. The van der Waals surface area contributed by atoms with E-state index in [0.717, 1.165) is 16.6 Å². The number of anilines is 1. The number of benzene rings is 2. The van der Waals surface area contributed by atoms with Gasteiger partial charge in [-0.2, -0.15) is 0 Å². The zero-order valence-corrected chi connectivity index (χ0v) is 21.8. The Balaban J connectivity index is 2.49. The van der Waals surface area contributed by atoms with Crippen molar-refractivity contribution in [1.29, 1.82) is 0 Å². The average molecular weight is 521 g/mol. The maximum Gasteiger partial charge on any atom is 0.271 e. The van der Waals surface area contributed by atoms with Gasteiger partial charge in [-0.3, -0.25) is 24.0 Å². The summed E-state index contributed by atoms with van der Waals surface area (Å²) < 4.78 is 31.3. The molecule has 0 aliphatic heterocycles. The molecule has 0 aromatic heterocycles. The number of nitro benzene ring substituents is 1. The first-order valence-corrected chi connectivity index (χ1v) is 13.2. The van der Waals surface area contributed by atoms with Crippen molar-refractivity contribution in [1.82, 2.24) is 10.2 Å². The van der Waals surface area contributed by atoms with Crippen LogP contribution in [-0.4, -0.2) is 62.0 Å². The van der Waals surface area contributed by atoms with Crippen LogP contribution in [0.4, 0.5) is 11.4 Å². The van der Waals surface area contributed by atoms with Crippen LogP contribution in [0.25, 0.3) is 0 Å². The standard InChI is InChI=1S/C24H32N4O7S/c1-6-22(24(30)25-17(2)3)26(15-18-9-7-12-21(13-18)35-4)23(29)16-27(36(5,33)34)19-10-8-11-20(14-19)28(31)32/h7-14,17,22H,6,15-16H2,1-5H3,(H,25,30)/t22-/m0/s1. The average Bonchev–Trinajstić information content (AvgIpc) is 2.81. The number of nitro groups is 1. The highest BCUT2D eigenvalue weighted by Crippen LogP contribution is 2.24. The number of carbonyl (C=O) groups excluding carboxylic acids is 2. The van der Waals surface area contributed by atoms with Crippen LogP contribution in [0, 0.1) is 10.1 Å². The zero-order chi connectivity index (χ0) is 27.0. The van der Waals surface area contributed by atoms with Crippen molar-refractivity contribution in [2.75, 3.05) is 24.2 Å². The number of methoxy groups -OCH3 is 1. The molecule has 0 saturated carbocycles. The molecule has 0 radical (unpaired) electrons. The number of hydrogen-bond acceptors (Lipinski definition) is 7. The summed E-state index contributed by atoms with van der Waals surface area (Å²) in [6.07, 6.45) is 1.19. The van der Waals surface area contributed by atoms with Gasteiger partial charge in [-0.15, -0.1) is 0 Å². The number of carbonyl (C=O) groups is 2. The van der Waals surface area contributed by atoms with E-state index < -0.39 is 33.4 Å². The van der Waals surface area contributed by atoms with Crippen molar-refractivity contribution in [2.45, 2.75) is 45.8 Å². The van der Waals surface area contributed by atoms with Gasteiger partial charge in [0.1, 0.15) is 18.3 Å². The Morgan fingerprint density at radius 3 is 2.36 bits per heavy atom. The molecule has 0 fully saturated rings. The number of amides is 2. The lowest BCUT2D eigenvalue weighted by atomic mass is 10.1. The van der Waals surface area contributed by atoms with Gasteiger partial charge in [-0.1, -0.05) is 25.1 Å². The first-order valence-electron chi connectivity index (χ1n) is 11.3. The van der Waals surface area contributed by atoms with E-state index in [9.17, 15) is 28.1 Å².